The van der Waals surface area contributed by atoms with E-state index in [9.17, 15) is 36.2 Å². The molecule has 3 heterocycles. The third-order valence-corrected chi connectivity index (χ3v) is 6.45. The third kappa shape index (κ3) is 4.51. The highest BCUT2D eigenvalue weighted by atomic mass is 19.4. The molecule has 5 aromatic rings. The number of halogens is 6. The van der Waals surface area contributed by atoms with Crippen molar-refractivity contribution in [1.82, 2.24) is 24.3 Å². The molecule has 0 saturated heterocycles. The molecule has 13 heteroatoms. The van der Waals surface area contributed by atoms with E-state index in [1.54, 1.807) is 55.1 Å². The monoisotopic (exact) mass is 559 g/mol. The SMILES string of the molecule is Cc1cc(C(O)(C(F)(F)F)C(F)(F)F)ccc1-n1c(Cc2cccnc2)nc2ccc(-n3cccn3)cc2c1=O. The van der Waals surface area contributed by atoms with Gasteiger partial charge in [0, 0.05) is 36.8 Å². The summed E-state index contributed by atoms with van der Waals surface area (Å²) in [5, 5.41) is 14.1. The van der Waals surface area contributed by atoms with Crippen molar-refractivity contribution in [3.63, 3.8) is 0 Å². The number of fused-ring (bicyclic) bond motifs is 1. The molecular weight excluding hydrogens is 540 g/mol. The first-order chi connectivity index (χ1) is 18.8. The van der Waals surface area contributed by atoms with E-state index in [-0.39, 0.29) is 28.9 Å². The smallest absolute Gasteiger partial charge is 0.369 e. The van der Waals surface area contributed by atoms with E-state index in [0.29, 0.717) is 28.9 Å². The lowest BCUT2D eigenvalue weighted by Gasteiger charge is -2.33. The highest BCUT2D eigenvalue weighted by molar-refractivity contribution is 5.80. The van der Waals surface area contributed by atoms with Gasteiger partial charge in [-0.25, -0.2) is 9.67 Å². The number of rotatable bonds is 5. The van der Waals surface area contributed by atoms with Gasteiger partial charge in [-0.3, -0.25) is 14.3 Å². The van der Waals surface area contributed by atoms with Crippen molar-refractivity contribution in [3.05, 3.63) is 112 Å². The minimum absolute atomic E-state index is 0.00164. The Bertz CT molecular complexity index is 1730. The van der Waals surface area contributed by atoms with Crippen LogP contribution < -0.4 is 5.56 Å². The highest BCUT2D eigenvalue weighted by Crippen LogP contribution is 2.50. The van der Waals surface area contributed by atoms with Gasteiger partial charge in [0.25, 0.3) is 11.2 Å². The number of pyridine rings is 1. The van der Waals surface area contributed by atoms with Gasteiger partial charge < -0.3 is 5.11 Å². The molecule has 0 amide bonds. The van der Waals surface area contributed by atoms with Crippen LogP contribution in [0.5, 0.6) is 0 Å². The Morgan fingerprint density at radius 2 is 1.68 bits per heavy atom. The Balaban J connectivity index is 1.74. The first-order valence-electron chi connectivity index (χ1n) is 11.7. The number of hydrogen-bond donors (Lipinski definition) is 1. The van der Waals surface area contributed by atoms with Crippen LogP contribution in [0.3, 0.4) is 0 Å². The molecule has 0 aliphatic carbocycles. The summed E-state index contributed by atoms with van der Waals surface area (Å²) in [5.74, 6) is 0.176. The van der Waals surface area contributed by atoms with Crippen LogP contribution >= 0.6 is 0 Å². The van der Waals surface area contributed by atoms with E-state index < -0.39 is 29.1 Å². The Kier molecular flexibility index (Phi) is 6.49. The van der Waals surface area contributed by atoms with Gasteiger partial charge >= 0.3 is 12.4 Å². The molecule has 0 spiro atoms. The number of aryl methyl sites for hydroxylation is 1. The first-order valence-corrected chi connectivity index (χ1v) is 11.7. The number of aliphatic hydroxyl groups is 1. The van der Waals surface area contributed by atoms with E-state index in [1.165, 1.54) is 17.7 Å². The van der Waals surface area contributed by atoms with Gasteiger partial charge in [-0.1, -0.05) is 18.2 Å². The second-order valence-corrected chi connectivity index (χ2v) is 9.07. The lowest BCUT2D eigenvalue weighted by Crippen LogP contribution is -2.54. The van der Waals surface area contributed by atoms with E-state index in [0.717, 1.165) is 10.6 Å². The molecule has 1 N–H and O–H groups in total. The van der Waals surface area contributed by atoms with Crippen molar-refractivity contribution in [3.8, 4) is 11.4 Å². The van der Waals surface area contributed by atoms with Crippen molar-refractivity contribution in [1.29, 1.82) is 0 Å². The molecule has 0 unspecified atom stereocenters. The summed E-state index contributed by atoms with van der Waals surface area (Å²) in [4.78, 5) is 22.5. The van der Waals surface area contributed by atoms with Crippen molar-refractivity contribution in [2.24, 2.45) is 0 Å². The lowest BCUT2D eigenvalue weighted by molar-refractivity contribution is -0.376. The number of alkyl halides is 6. The summed E-state index contributed by atoms with van der Waals surface area (Å²) in [6.07, 6.45) is -5.71. The van der Waals surface area contributed by atoms with Crippen molar-refractivity contribution in [2.75, 3.05) is 0 Å². The Hall–Kier alpha value is -4.52. The van der Waals surface area contributed by atoms with Crippen LogP contribution in [0.2, 0.25) is 0 Å². The summed E-state index contributed by atoms with van der Waals surface area (Å²) in [6, 6.07) is 12.0. The number of aromatic nitrogens is 5. The molecule has 0 saturated carbocycles. The second kappa shape index (κ2) is 9.59. The number of hydrogen-bond acceptors (Lipinski definition) is 5. The molecular formula is C27H19F6N5O2. The average molecular weight is 559 g/mol. The van der Waals surface area contributed by atoms with Crippen LogP contribution in [0, 0.1) is 6.92 Å². The maximum Gasteiger partial charge on any atom is 0.430 e. The second-order valence-electron chi connectivity index (χ2n) is 9.07. The maximum atomic E-state index is 13.9. The molecule has 7 nitrogen and oxygen atoms in total. The van der Waals surface area contributed by atoms with Crippen LogP contribution in [-0.2, 0) is 12.0 Å². The average Bonchev–Trinajstić information content (AvgIpc) is 3.43. The normalized spacial score (nSPS) is 12.7. The quantitative estimate of drug-likeness (QED) is 0.300. The van der Waals surface area contributed by atoms with E-state index in [1.807, 2.05) is 0 Å². The standard InChI is InChI=1S/C27H19F6N5O2/c1-16-12-18(25(40,26(28,29)30)27(31,32)33)5-8-22(16)38-23(13-17-4-2-9-34-15-17)36-21-7-6-19(14-20(21)24(38)39)37-11-3-10-35-37/h2-12,14-15,40H,13H2,1H3. The highest BCUT2D eigenvalue weighted by Gasteiger charge is 2.71. The van der Waals surface area contributed by atoms with Gasteiger partial charge in [-0.15, -0.1) is 0 Å². The molecule has 0 atom stereocenters. The molecule has 5 rings (SSSR count). The van der Waals surface area contributed by atoms with E-state index in [4.69, 9.17) is 0 Å². The van der Waals surface area contributed by atoms with Crippen molar-refractivity contribution >= 4 is 10.9 Å². The molecule has 0 aliphatic heterocycles. The fraction of sp³-hybridized carbons (Fsp3) is 0.185. The minimum Gasteiger partial charge on any atom is -0.369 e. The third-order valence-electron chi connectivity index (χ3n) is 6.45. The molecule has 206 valence electrons. The number of nitrogens with zero attached hydrogens (tertiary/aromatic N) is 5. The topological polar surface area (TPSA) is 85.8 Å². The van der Waals surface area contributed by atoms with Gasteiger partial charge in [-0.05, 0) is 54.4 Å². The van der Waals surface area contributed by atoms with Crippen LogP contribution in [0.4, 0.5) is 26.3 Å². The molecule has 0 aliphatic rings. The summed E-state index contributed by atoms with van der Waals surface area (Å²) in [5.41, 5.74) is -5.73. The molecule has 0 fully saturated rings. The fourth-order valence-corrected chi connectivity index (χ4v) is 4.46. The van der Waals surface area contributed by atoms with Crippen LogP contribution in [0.1, 0.15) is 22.5 Å². The Morgan fingerprint density at radius 1 is 0.925 bits per heavy atom. The maximum absolute atomic E-state index is 13.9. The van der Waals surface area contributed by atoms with Crippen molar-refractivity contribution < 1.29 is 31.4 Å². The molecule has 3 aromatic heterocycles. The van der Waals surface area contributed by atoms with E-state index in [2.05, 4.69) is 15.1 Å². The summed E-state index contributed by atoms with van der Waals surface area (Å²) in [6.45, 7) is 1.25. The fourth-order valence-electron chi connectivity index (χ4n) is 4.46. The van der Waals surface area contributed by atoms with Gasteiger partial charge in [-0.2, -0.15) is 31.4 Å². The zero-order chi connectivity index (χ0) is 28.9. The largest absolute Gasteiger partial charge is 0.430 e. The number of benzene rings is 2. The minimum atomic E-state index is -6.05. The van der Waals surface area contributed by atoms with Gasteiger partial charge in [0.1, 0.15) is 5.82 Å². The predicted octanol–water partition coefficient (Wildman–Crippen LogP) is 5.18. The predicted molar refractivity (Wildman–Crippen MR) is 132 cm³/mol. The first kappa shape index (κ1) is 27.1. The van der Waals surface area contributed by atoms with Crippen LogP contribution in [0.25, 0.3) is 22.3 Å². The Morgan fingerprint density at radius 3 is 2.27 bits per heavy atom. The van der Waals surface area contributed by atoms with Crippen LogP contribution in [0.15, 0.2) is 84.2 Å². The zero-order valence-corrected chi connectivity index (χ0v) is 20.6. The molecule has 2 aromatic carbocycles. The molecule has 0 bridgehead atoms. The van der Waals surface area contributed by atoms with Gasteiger partial charge in [0.15, 0.2) is 0 Å². The van der Waals surface area contributed by atoms with Crippen molar-refractivity contribution in [2.45, 2.75) is 31.3 Å². The summed E-state index contributed by atoms with van der Waals surface area (Å²) >= 11 is 0. The van der Waals surface area contributed by atoms with Crippen LogP contribution in [-0.4, -0.2) is 41.8 Å². The molecule has 0 radical (unpaired) electrons. The van der Waals surface area contributed by atoms with E-state index >= 15 is 0 Å². The van der Waals surface area contributed by atoms with Gasteiger partial charge in [0.05, 0.1) is 22.3 Å². The summed E-state index contributed by atoms with van der Waals surface area (Å²) < 4.78 is 83.6. The van der Waals surface area contributed by atoms with Gasteiger partial charge in [0.2, 0.25) is 0 Å². The molecule has 40 heavy (non-hydrogen) atoms. The summed E-state index contributed by atoms with van der Waals surface area (Å²) in [7, 11) is 0. The zero-order valence-electron chi connectivity index (χ0n) is 20.6. The Labute approximate surface area is 222 Å². The lowest BCUT2D eigenvalue weighted by atomic mass is 9.90.